The van der Waals surface area contributed by atoms with Crippen LogP contribution in [0.4, 0.5) is 20.1 Å². The van der Waals surface area contributed by atoms with Crippen LogP contribution in [0.3, 0.4) is 0 Å². The second kappa shape index (κ2) is 17.4. The Morgan fingerprint density at radius 1 is 0.872 bits per heavy atom. The zero-order valence-electron chi connectivity index (χ0n) is 27.1. The quantitative estimate of drug-likeness (QED) is 0.0814. The van der Waals surface area contributed by atoms with Crippen LogP contribution < -0.4 is 10.5 Å². The van der Waals surface area contributed by atoms with Crippen molar-refractivity contribution in [3.8, 4) is 5.75 Å². The molecule has 1 heterocycles. The van der Waals surface area contributed by atoms with Crippen LogP contribution in [0.1, 0.15) is 26.3 Å². The maximum Gasteiger partial charge on any atom is 0.509 e. The fourth-order valence-electron chi connectivity index (χ4n) is 3.71. The number of carboxylic acids is 1. The molecule has 0 radical (unpaired) electrons. The first-order valence-electron chi connectivity index (χ1n) is 14.4. The predicted octanol–water partition coefficient (Wildman–Crippen LogP) is 5.10. The number of nitrogens with two attached hydrogens (primary N) is 1. The van der Waals surface area contributed by atoms with E-state index in [4.69, 9.17) is 48.1 Å². The Morgan fingerprint density at radius 2 is 1.36 bits per heavy atom. The SMILES string of the molecule is C=CCOC(=O)O[C@@H]1[C@@H](OC(=O)OCC=C)[C@H](Oc2ccc(CO[Si](C)(C)C(C)(C)C)cc2N)O[C@H](C(=O)O)[C@H]1OC(=O)OCC=C. The number of carbonyl (C=O) groups excluding carboxylic acids is 3. The summed E-state index contributed by atoms with van der Waals surface area (Å²) in [7, 11) is -2.08. The van der Waals surface area contributed by atoms with Gasteiger partial charge in [0.1, 0.15) is 25.6 Å². The van der Waals surface area contributed by atoms with Gasteiger partial charge in [0.25, 0.3) is 0 Å². The van der Waals surface area contributed by atoms with Crippen LogP contribution in [-0.4, -0.2) is 88.4 Å². The molecule has 47 heavy (non-hydrogen) atoms. The van der Waals surface area contributed by atoms with E-state index in [-0.39, 0.29) is 42.9 Å². The molecule has 1 aromatic rings. The number of benzene rings is 1. The van der Waals surface area contributed by atoms with Crippen LogP contribution in [0.5, 0.6) is 5.75 Å². The summed E-state index contributed by atoms with van der Waals surface area (Å²) in [5.41, 5.74) is 7.11. The summed E-state index contributed by atoms with van der Waals surface area (Å²) in [6.07, 6.45) is -9.85. The Morgan fingerprint density at radius 3 is 1.81 bits per heavy atom. The standard InChI is InChI=1S/C31H43NO14Si/c1-9-14-38-28(35)44-22-23(45-29(36)39-15-10-2)25(46-30(37)40-16-11-3)27(43-24(22)26(33)34)42-21-13-12-19(17-20(21)32)18-41-47(7,8)31(4,5)6/h9-13,17,22-25,27H,1-3,14-16,18,32H2,4-8H3,(H,33,34)/t22-,23-,24-,25+,27+/m0/s1. The van der Waals surface area contributed by atoms with E-state index in [1.807, 2.05) is 0 Å². The first-order chi connectivity index (χ1) is 22.0. The molecule has 15 nitrogen and oxygen atoms in total. The van der Waals surface area contributed by atoms with Crippen molar-refractivity contribution in [2.24, 2.45) is 0 Å². The molecule has 0 bridgehead atoms. The number of carbonyl (C=O) groups is 4. The molecule has 1 aliphatic rings. The van der Waals surface area contributed by atoms with Gasteiger partial charge in [0, 0.05) is 0 Å². The van der Waals surface area contributed by atoms with Crippen molar-refractivity contribution in [3.63, 3.8) is 0 Å². The number of ether oxygens (including phenoxy) is 8. The highest BCUT2D eigenvalue weighted by Gasteiger charge is 2.57. The lowest BCUT2D eigenvalue weighted by molar-refractivity contribution is -0.275. The summed E-state index contributed by atoms with van der Waals surface area (Å²) < 4.78 is 48.3. The molecule has 1 aromatic carbocycles. The third-order valence-corrected chi connectivity index (χ3v) is 11.6. The van der Waals surface area contributed by atoms with Crippen molar-refractivity contribution in [1.82, 2.24) is 0 Å². The van der Waals surface area contributed by atoms with Gasteiger partial charge in [0.05, 0.1) is 12.3 Å². The fraction of sp³-hybridized carbons (Fsp3) is 0.484. The Hall–Kier alpha value is -4.54. The van der Waals surface area contributed by atoms with Gasteiger partial charge in [-0.15, -0.1) is 0 Å². The van der Waals surface area contributed by atoms with Crippen molar-refractivity contribution >= 4 is 38.4 Å². The molecule has 0 aromatic heterocycles. The Balaban J connectivity index is 2.51. The second-order valence-electron chi connectivity index (χ2n) is 11.6. The maximum absolute atomic E-state index is 12.6. The third-order valence-electron chi connectivity index (χ3n) is 7.12. The van der Waals surface area contributed by atoms with Crippen molar-refractivity contribution in [1.29, 1.82) is 0 Å². The molecular weight excluding hydrogens is 638 g/mol. The van der Waals surface area contributed by atoms with Crippen molar-refractivity contribution in [2.75, 3.05) is 25.6 Å². The molecule has 2 rings (SSSR count). The number of hydrogen-bond donors (Lipinski definition) is 2. The van der Waals surface area contributed by atoms with Crippen LogP contribution in [0.2, 0.25) is 18.1 Å². The summed E-state index contributed by atoms with van der Waals surface area (Å²) in [4.78, 5) is 50.0. The second-order valence-corrected chi connectivity index (χ2v) is 16.4. The Labute approximate surface area is 274 Å². The average Bonchev–Trinajstić information content (AvgIpc) is 2.99. The van der Waals surface area contributed by atoms with E-state index >= 15 is 0 Å². The fourth-order valence-corrected chi connectivity index (χ4v) is 4.67. The lowest BCUT2D eigenvalue weighted by Gasteiger charge is -2.42. The van der Waals surface area contributed by atoms with E-state index in [1.165, 1.54) is 24.3 Å². The number of aliphatic carboxylic acids is 1. The van der Waals surface area contributed by atoms with Crippen LogP contribution in [0.15, 0.2) is 56.2 Å². The Kier molecular flexibility index (Phi) is 14.3. The molecular formula is C31H43NO14Si. The van der Waals surface area contributed by atoms with E-state index in [0.717, 1.165) is 5.56 Å². The van der Waals surface area contributed by atoms with Gasteiger partial charge >= 0.3 is 24.4 Å². The molecule has 1 aliphatic heterocycles. The summed E-state index contributed by atoms with van der Waals surface area (Å²) in [6.45, 7) is 20.2. The summed E-state index contributed by atoms with van der Waals surface area (Å²) in [5.74, 6) is -1.67. The van der Waals surface area contributed by atoms with E-state index in [0.29, 0.717) is 0 Å². The molecule has 1 fully saturated rings. The number of anilines is 1. The molecule has 0 amide bonds. The highest BCUT2D eigenvalue weighted by atomic mass is 28.4. The summed E-state index contributed by atoms with van der Waals surface area (Å²) in [5, 5.41) is 10.0. The highest BCUT2D eigenvalue weighted by molar-refractivity contribution is 6.74. The van der Waals surface area contributed by atoms with Crippen LogP contribution in [0, 0.1) is 0 Å². The van der Waals surface area contributed by atoms with Crippen molar-refractivity contribution in [2.45, 2.75) is 76.2 Å². The van der Waals surface area contributed by atoms with Gasteiger partial charge in [-0.05, 0) is 35.8 Å². The van der Waals surface area contributed by atoms with Crippen LogP contribution in [0.25, 0.3) is 0 Å². The monoisotopic (exact) mass is 681 g/mol. The molecule has 3 N–H and O–H groups in total. The molecule has 0 unspecified atom stereocenters. The minimum atomic E-state index is -2.08. The number of rotatable bonds is 15. The normalized spacial score (nSPS) is 20.9. The van der Waals surface area contributed by atoms with Gasteiger partial charge in [-0.3, -0.25) is 0 Å². The first-order valence-corrected chi connectivity index (χ1v) is 17.4. The average molecular weight is 682 g/mol. The maximum atomic E-state index is 12.6. The van der Waals surface area contributed by atoms with Gasteiger partial charge in [0.15, 0.2) is 26.6 Å². The minimum absolute atomic E-state index is 0.0129. The topological polar surface area (TPSA) is 198 Å². The zero-order valence-corrected chi connectivity index (χ0v) is 28.1. The molecule has 0 aliphatic carbocycles. The summed E-state index contributed by atoms with van der Waals surface area (Å²) >= 11 is 0. The molecule has 16 heteroatoms. The van der Waals surface area contributed by atoms with E-state index in [1.54, 1.807) is 12.1 Å². The molecule has 260 valence electrons. The largest absolute Gasteiger partial charge is 0.509 e. The van der Waals surface area contributed by atoms with Crippen LogP contribution >= 0.6 is 0 Å². The van der Waals surface area contributed by atoms with Crippen molar-refractivity contribution < 1.29 is 66.6 Å². The number of nitrogen functional groups attached to an aromatic ring is 1. The lowest BCUT2D eigenvalue weighted by Crippen LogP contribution is -2.64. The van der Waals surface area contributed by atoms with E-state index in [2.05, 4.69) is 53.6 Å². The summed E-state index contributed by atoms with van der Waals surface area (Å²) in [6, 6.07) is 4.75. The lowest BCUT2D eigenvalue weighted by atomic mass is 9.98. The minimum Gasteiger partial charge on any atom is -0.479 e. The van der Waals surface area contributed by atoms with Gasteiger partial charge < -0.3 is 53.2 Å². The number of hydrogen-bond acceptors (Lipinski definition) is 14. The molecule has 1 saturated heterocycles. The zero-order chi connectivity index (χ0) is 35.4. The van der Waals surface area contributed by atoms with Gasteiger partial charge in [-0.1, -0.05) is 64.8 Å². The van der Waals surface area contributed by atoms with Crippen molar-refractivity contribution in [3.05, 3.63) is 61.7 Å². The molecule has 0 spiro atoms. The highest BCUT2D eigenvalue weighted by Crippen LogP contribution is 2.38. The molecule has 5 atom stereocenters. The Bertz CT molecular complexity index is 1290. The van der Waals surface area contributed by atoms with E-state index < -0.39 is 63.5 Å². The smallest absolute Gasteiger partial charge is 0.479 e. The number of carboxylic acid groups (broad SMARTS) is 1. The van der Waals surface area contributed by atoms with Gasteiger partial charge in [-0.2, -0.15) is 0 Å². The van der Waals surface area contributed by atoms with Crippen LogP contribution in [-0.2, 0) is 49.0 Å². The van der Waals surface area contributed by atoms with E-state index in [9.17, 15) is 24.3 Å². The first kappa shape index (κ1) is 38.6. The predicted molar refractivity (Wildman–Crippen MR) is 169 cm³/mol. The van der Waals surface area contributed by atoms with Gasteiger partial charge in [-0.25, -0.2) is 19.2 Å². The molecule has 0 saturated carbocycles. The van der Waals surface area contributed by atoms with Gasteiger partial charge in [0.2, 0.25) is 12.4 Å². The third kappa shape index (κ3) is 11.3.